The lowest BCUT2D eigenvalue weighted by Crippen LogP contribution is -2.51. The van der Waals surface area contributed by atoms with E-state index in [0.717, 1.165) is 74.0 Å². The minimum atomic E-state index is -0.536. The van der Waals surface area contributed by atoms with Gasteiger partial charge >= 0.3 is 5.97 Å². The number of hydrogen-bond acceptors (Lipinski definition) is 1. The molecule has 1 N–H and O–H groups in total. The monoisotopic (exact) mass is 649 g/mol. The molecule has 1 unspecified atom stereocenters. The number of fused-ring (bicyclic) bond motifs is 5. The standard InChI is InChI=1S/C45H76O2/c1-7-8-9-10-11-12-13-14-15-16-17-18-19-20-24-38(43(46)47)36-29-31-44(5)37(33-36)25-26-39-41-28-27-40(35(4)23-21-22-34(2)3)45(41,6)32-30-42(39)44/h11-12,14-15,25,34-36,38-42H,7-10,13,16-24,26-33H2,1-6H3,(H,46,47)/b12-11+,15-14+/t35-,36+,38?,39+,40-,41+,42+,44+,45-/m1/s1. The first-order valence-corrected chi connectivity index (χ1v) is 20.8. The highest BCUT2D eigenvalue weighted by atomic mass is 16.4. The Bertz CT molecular complexity index is 1030. The van der Waals surface area contributed by atoms with E-state index in [1.165, 1.54) is 103 Å². The molecule has 0 aliphatic heterocycles. The zero-order valence-electron chi connectivity index (χ0n) is 31.9. The van der Waals surface area contributed by atoms with E-state index < -0.39 is 5.97 Å². The van der Waals surface area contributed by atoms with Crippen molar-refractivity contribution in [1.82, 2.24) is 0 Å². The van der Waals surface area contributed by atoms with Crippen LogP contribution in [0.1, 0.15) is 183 Å². The first-order valence-electron chi connectivity index (χ1n) is 20.8. The highest BCUT2D eigenvalue weighted by molar-refractivity contribution is 5.70. The average Bonchev–Trinajstić information content (AvgIpc) is 3.39. The molecule has 3 fully saturated rings. The van der Waals surface area contributed by atoms with Crippen molar-refractivity contribution < 1.29 is 9.90 Å². The third-order valence-corrected chi connectivity index (χ3v) is 14.4. The SMILES string of the molecule is CCCCC/C=C/C/C=C/CCCCCCC(C(=O)O)[C@H]1CC[C@@]2(C)C(=CC[C@H]3[C@@H]4CC[C@H]([C@H](C)CCCC(C)C)[C@@]4(C)CC[C@@H]32)C1. The smallest absolute Gasteiger partial charge is 0.306 e. The first kappa shape index (κ1) is 38.5. The van der Waals surface area contributed by atoms with E-state index in [1.54, 1.807) is 5.57 Å². The zero-order valence-corrected chi connectivity index (χ0v) is 31.9. The van der Waals surface area contributed by atoms with Crippen LogP contribution in [0.5, 0.6) is 0 Å². The van der Waals surface area contributed by atoms with Crippen LogP contribution in [0.2, 0.25) is 0 Å². The van der Waals surface area contributed by atoms with Crippen molar-refractivity contribution in [2.45, 2.75) is 183 Å². The summed E-state index contributed by atoms with van der Waals surface area (Å²) >= 11 is 0. The van der Waals surface area contributed by atoms with E-state index in [0.29, 0.717) is 16.7 Å². The maximum absolute atomic E-state index is 12.5. The molecule has 4 aliphatic carbocycles. The summed E-state index contributed by atoms with van der Waals surface area (Å²) in [6, 6.07) is 0. The van der Waals surface area contributed by atoms with E-state index in [4.69, 9.17) is 0 Å². The molecule has 0 aromatic rings. The van der Waals surface area contributed by atoms with Crippen molar-refractivity contribution in [2.75, 3.05) is 0 Å². The average molecular weight is 649 g/mol. The number of carbonyl (C=O) groups is 1. The number of unbranched alkanes of at least 4 members (excludes halogenated alkanes) is 7. The van der Waals surface area contributed by atoms with Crippen molar-refractivity contribution in [1.29, 1.82) is 0 Å². The van der Waals surface area contributed by atoms with Gasteiger partial charge in [-0.3, -0.25) is 4.79 Å². The summed E-state index contributed by atoms with van der Waals surface area (Å²) in [6.07, 6.45) is 39.4. The number of carboxylic acids is 1. The van der Waals surface area contributed by atoms with Crippen molar-refractivity contribution in [3.8, 4) is 0 Å². The Kier molecular flexibility index (Phi) is 15.2. The summed E-state index contributed by atoms with van der Waals surface area (Å²) in [5.74, 6) is 4.80. The van der Waals surface area contributed by atoms with Gasteiger partial charge in [-0.25, -0.2) is 0 Å². The predicted molar refractivity (Wildman–Crippen MR) is 202 cm³/mol. The Labute approximate surface area is 292 Å². The second-order valence-electron chi connectivity index (χ2n) is 17.9. The molecule has 0 radical (unpaired) electrons. The highest BCUT2D eigenvalue weighted by Gasteiger charge is 2.59. The van der Waals surface area contributed by atoms with Crippen LogP contribution in [0.15, 0.2) is 36.0 Å². The van der Waals surface area contributed by atoms with Crippen LogP contribution in [0, 0.1) is 58.2 Å². The number of allylic oxidation sites excluding steroid dienone is 6. The quantitative estimate of drug-likeness (QED) is 0.105. The van der Waals surface area contributed by atoms with Crippen molar-refractivity contribution in [3.63, 3.8) is 0 Å². The van der Waals surface area contributed by atoms with E-state index in [9.17, 15) is 9.90 Å². The second kappa shape index (κ2) is 18.6. The topological polar surface area (TPSA) is 37.3 Å². The van der Waals surface area contributed by atoms with Crippen LogP contribution in [-0.4, -0.2) is 11.1 Å². The van der Waals surface area contributed by atoms with Crippen LogP contribution in [0.4, 0.5) is 0 Å². The van der Waals surface area contributed by atoms with Gasteiger partial charge < -0.3 is 5.11 Å². The summed E-state index contributed by atoms with van der Waals surface area (Å²) < 4.78 is 0. The van der Waals surface area contributed by atoms with Gasteiger partial charge in [0.1, 0.15) is 0 Å². The van der Waals surface area contributed by atoms with Gasteiger partial charge in [-0.1, -0.05) is 129 Å². The van der Waals surface area contributed by atoms with Gasteiger partial charge in [0.2, 0.25) is 0 Å². The van der Waals surface area contributed by atoms with Crippen LogP contribution in [0.3, 0.4) is 0 Å². The van der Waals surface area contributed by atoms with Gasteiger partial charge in [0, 0.05) is 0 Å². The molecule has 0 amide bonds. The van der Waals surface area contributed by atoms with Crippen LogP contribution in [-0.2, 0) is 4.79 Å². The fourth-order valence-corrected chi connectivity index (χ4v) is 11.6. The van der Waals surface area contributed by atoms with Gasteiger partial charge in [-0.15, -0.1) is 0 Å². The third kappa shape index (κ3) is 9.90. The summed E-state index contributed by atoms with van der Waals surface area (Å²) in [7, 11) is 0. The summed E-state index contributed by atoms with van der Waals surface area (Å²) in [4.78, 5) is 12.5. The Balaban J connectivity index is 1.23. The Morgan fingerprint density at radius 3 is 2.26 bits per heavy atom. The second-order valence-corrected chi connectivity index (χ2v) is 17.9. The summed E-state index contributed by atoms with van der Waals surface area (Å²) in [6.45, 7) is 14.9. The van der Waals surface area contributed by atoms with Crippen LogP contribution < -0.4 is 0 Å². The van der Waals surface area contributed by atoms with Crippen LogP contribution in [0.25, 0.3) is 0 Å². The Hall–Kier alpha value is -1.31. The number of hydrogen-bond donors (Lipinski definition) is 1. The lowest BCUT2D eigenvalue weighted by Gasteiger charge is -2.59. The maximum Gasteiger partial charge on any atom is 0.306 e. The number of aliphatic carboxylic acids is 1. The molecule has 47 heavy (non-hydrogen) atoms. The van der Waals surface area contributed by atoms with E-state index in [-0.39, 0.29) is 5.92 Å². The van der Waals surface area contributed by atoms with Gasteiger partial charge in [0.05, 0.1) is 5.92 Å². The van der Waals surface area contributed by atoms with Gasteiger partial charge in [-0.2, -0.15) is 0 Å². The lowest BCUT2D eigenvalue weighted by atomic mass is 9.46. The van der Waals surface area contributed by atoms with Crippen molar-refractivity contribution >= 4 is 5.97 Å². The van der Waals surface area contributed by atoms with Crippen molar-refractivity contribution in [2.24, 2.45) is 58.2 Å². The Morgan fingerprint density at radius 1 is 0.830 bits per heavy atom. The lowest BCUT2D eigenvalue weighted by molar-refractivity contribution is -0.144. The molecule has 4 aliphatic rings. The minimum absolute atomic E-state index is 0.162. The molecule has 0 aromatic carbocycles. The summed E-state index contributed by atoms with van der Waals surface area (Å²) in [5.41, 5.74) is 2.50. The molecule has 0 heterocycles. The van der Waals surface area contributed by atoms with Gasteiger partial charge in [0.25, 0.3) is 0 Å². The first-order chi connectivity index (χ1) is 22.6. The summed E-state index contributed by atoms with van der Waals surface area (Å²) in [5, 5.41) is 10.3. The van der Waals surface area contributed by atoms with Crippen molar-refractivity contribution in [3.05, 3.63) is 36.0 Å². The fraction of sp³-hybridized carbons (Fsp3) is 0.844. The molecular weight excluding hydrogens is 572 g/mol. The number of rotatable bonds is 20. The highest BCUT2D eigenvalue weighted by Crippen LogP contribution is 2.67. The Morgan fingerprint density at radius 2 is 1.55 bits per heavy atom. The molecule has 3 saturated carbocycles. The van der Waals surface area contributed by atoms with Gasteiger partial charge in [0.15, 0.2) is 0 Å². The molecule has 9 atom stereocenters. The molecule has 0 bridgehead atoms. The largest absolute Gasteiger partial charge is 0.481 e. The number of carboxylic acid groups (broad SMARTS) is 1. The van der Waals surface area contributed by atoms with Gasteiger partial charge in [-0.05, 0) is 142 Å². The fourth-order valence-electron chi connectivity index (χ4n) is 11.6. The molecule has 2 heteroatoms. The van der Waals surface area contributed by atoms with E-state index in [1.807, 2.05) is 0 Å². The van der Waals surface area contributed by atoms with E-state index >= 15 is 0 Å². The molecule has 0 aromatic heterocycles. The van der Waals surface area contributed by atoms with E-state index in [2.05, 4.69) is 71.9 Å². The maximum atomic E-state index is 12.5. The van der Waals surface area contributed by atoms with Crippen LogP contribution >= 0.6 is 0 Å². The molecule has 4 rings (SSSR count). The molecular formula is C45H76O2. The minimum Gasteiger partial charge on any atom is -0.481 e. The predicted octanol–water partition coefficient (Wildman–Crippen LogP) is 13.8. The normalized spacial score (nSPS) is 33.5. The zero-order chi connectivity index (χ0) is 33.9. The third-order valence-electron chi connectivity index (χ3n) is 14.4. The molecule has 268 valence electrons. The molecule has 0 spiro atoms. The molecule has 0 saturated heterocycles. The molecule has 2 nitrogen and oxygen atoms in total.